The number of aromatic amines is 2. The van der Waals surface area contributed by atoms with Crippen molar-refractivity contribution in [1.29, 1.82) is 0 Å². The molecule has 3 rings (SSSR count). The van der Waals surface area contributed by atoms with Crippen LogP contribution in [-0.4, -0.2) is 30.9 Å². The summed E-state index contributed by atoms with van der Waals surface area (Å²) >= 11 is 0. The maximum Gasteiger partial charge on any atom is 0.314 e. The van der Waals surface area contributed by atoms with E-state index in [1.807, 2.05) is 6.92 Å². The maximum absolute atomic E-state index is 13.0. The number of sulfonamides is 1. The van der Waals surface area contributed by atoms with Crippen molar-refractivity contribution in [3.05, 3.63) is 68.7 Å². The summed E-state index contributed by atoms with van der Waals surface area (Å²) in [7, 11) is -4.28. The molecule has 0 aliphatic heterocycles. The number of fused-ring (bicyclic) bond motifs is 1. The second-order valence-corrected chi connectivity index (χ2v) is 7.70. The number of benzene rings is 2. The van der Waals surface area contributed by atoms with Gasteiger partial charge in [0, 0.05) is 0 Å². The number of nitrogens with zero attached hydrogens (tertiary/aromatic N) is 1. The molecule has 0 atom stereocenters. The SMILES string of the molecule is Cc1ccc(N(CC(=O)[O-])S(=O)(=O)c2ccc3[nH]c(=O)c(=O)[nH]c3c2)cc1. The zero-order valence-corrected chi connectivity index (χ0v) is 14.9. The molecule has 0 amide bonds. The van der Waals surface area contributed by atoms with Gasteiger partial charge in [-0.15, -0.1) is 0 Å². The summed E-state index contributed by atoms with van der Waals surface area (Å²) in [6.45, 7) is 0.924. The summed E-state index contributed by atoms with van der Waals surface area (Å²) in [5.41, 5.74) is -0.437. The highest BCUT2D eigenvalue weighted by molar-refractivity contribution is 7.92. The smallest absolute Gasteiger partial charge is 0.314 e. The first-order chi connectivity index (χ1) is 12.7. The van der Waals surface area contributed by atoms with Gasteiger partial charge in [0.15, 0.2) is 0 Å². The number of H-pyrrole nitrogens is 2. The number of anilines is 1. The second kappa shape index (κ2) is 6.72. The van der Waals surface area contributed by atoms with Gasteiger partial charge >= 0.3 is 11.1 Å². The molecule has 140 valence electrons. The quantitative estimate of drug-likeness (QED) is 0.563. The van der Waals surface area contributed by atoms with Gasteiger partial charge in [-0.3, -0.25) is 13.9 Å². The fourth-order valence-corrected chi connectivity index (χ4v) is 3.96. The minimum Gasteiger partial charge on any atom is -0.548 e. The zero-order chi connectivity index (χ0) is 19.8. The average molecular weight is 388 g/mol. The van der Waals surface area contributed by atoms with E-state index in [9.17, 15) is 27.9 Å². The number of aromatic nitrogens is 2. The number of rotatable bonds is 5. The zero-order valence-electron chi connectivity index (χ0n) is 14.1. The number of nitrogens with one attached hydrogen (secondary N) is 2. The highest BCUT2D eigenvalue weighted by Crippen LogP contribution is 2.25. The third-order valence-corrected chi connectivity index (χ3v) is 5.65. The number of carbonyl (C=O) groups excluding carboxylic acids is 1. The number of carbonyl (C=O) groups is 1. The van der Waals surface area contributed by atoms with E-state index in [1.54, 1.807) is 12.1 Å². The average Bonchev–Trinajstić information content (AvgIpc) is 2.61. The van der Waals surface area contributed by atoms with Crippen LogP contribution in [0.3, 0.4) is 0 Å². The summed E-state index contributed by atoms with van der Waals surface area (Å²) in [5.74, 6) is -1.57. The van der Waals surface area contributed by atoms with Gasteiger partial charge in [0.2, 0.25) is 0 Å². The van der Waals surface area contributed by atoms with Crippen molar-refractivity contribution in [2.45, 2.75) is 11.8 Å². The molecule has 1 aromatic heterocycles. The van der Waals surface area contributed by atoms with Crippen LogP contribution in [0, 0.1) is 6.92 Å². The summed E-state index contributed by atoms with van der Waals surface area (Å²) < 4.78 is 26.7. The van der Waals surface area contributed by atoms with E-state index >= 15 is 0 Å². The molecule has 10 heteroatoms. The summed E-state index contributed by atoms with van der Waals surface area (Å²) in [6.07, 6.45) is 0. The summed E-state index contributed by atoms with van der Waals surface area (Å²) in [5, 5.41) is 11.1. The van der Waals surface area contributed by atoms with E-state index in [1.165, 1.54) is 24.3 Å². The number of hydrogen-bond acceptors (Lipinski definition) is 6. The van der Waals surface area contributed by atoms with Crippen LogP contribution in [-0.2, 0) is 14.8 Å². The molecular weight excluding hydrogens is 374 g/mol. The maximum atomic E-state index is 13.0. The van der Waals surface area contributed by atoms with Crippen LogP contribution < -0.4 is 20.5 Å². The van der Waals surface area contributed by atoms with Gasteiger partial charge in [-0.05, 0) is 37.3 Å². The van der Waals surface area contributed by atoms with E-state index in [-0.39, 0.29) is 21.6 Å². The summed E-state index contributed by atoms with van der Waals surface area (Å²) in [6, 6.07) is 9.94. The Bertz CT molecular complexity index is 1240. The predicted octanol–water partition coefficient (Wildman–Crippen LogP) is -0.530. The third-order valence-electron chi connectivity index (χ3n) is 3.88. The van der Waals surface area contributed by atoms with Crippen molar-refractivity contribution >= 4 is 32.7 Å². The Hall–Kier alpha value is -3.40. The van der Waals surface area contributed by atoms with E-state index < -0.39 is 33.7 Å². The Kier molecular flexibility index (Phi) is 4.58. The van der Waals surface area contributed by atoms with Crippen molar-refractivity contribution in [3.63, 3.8) is 0 Å². The van der Waals surface area contributed by atoms with Gasteiger partial charge in [0.05, 0.1) is 34.1 Å². The first-order valence-corrected chi connectivity index (χ1v) is 9.18. The van der Waals surface area contributed by atoms with Gasteiger partial charge in [-0.2, -0.15) is 0 Å². The first kappa shape index (κ1) is 18.4. The highest BCUT2D eigenvalue weighted by atomic mass is 32.2. The summed E-state index contributed by atoms with van der Waals surface area (Å²) in [4.78, 5) is 38.3. The van der Waals surface area contributed by atoms with Gasteiger partial charge in [-0.1, -0.05) is 17.7 Å². The van der Waals surface area contributed by atoms with Crippen LogP contribution in [0.4, 0.5) is 5.69 Å². The molecule has 0 aliphatic carbocycles. The van der Waals surface area contributed by atoms with Gasteiger partial charge in [0.25, 0.3) is 10.0 Å². The standard InChI is InChI=1S/C17H15N3O6S/c1-10-2-4-11(5-3-10)20(9-15(21)22)27(25,26)12-6-7-13-14(8-12)19-17(24)16(23)18-13/h2-8H,9H2,1H3,(H,18,23)(H,19,24)(H,21,22)/p-1. The number of carboxylic acids is 1. The lowest BCUT2D eigenvalue weighted by atomic mass is 10.2. The minimum atomic E-state index is -4.28. The molecule has 0 bridgehead atoms. The molecule has 27 heavy (non-hydrogen) atoms. The molecular formula is C17H14N3O6S-. The molecule has 2 aromatic carbocycles. The Balaban J connectivity index is 2.16. The molecule has 0 spiro atoms. The molecule has 9 nitrogen and oxygen atoms in total. The molecule has 1 heterocycles. The number of aliphatic carboxylic acids is 1. The fourth-order valence-electron chi connectivity index (χ4n) is 2.52. The predicted molar refractivity (Wildman–Crippen MR) is 95.9 cm³/mol. The fraction of sp³-hybridized carbons (Fsp3) is 0.118. The monoisotopic (exact) mass is 388 g/mol. The second-order valence-electron chi connectivity index (χ2n) is 5.83. The lowest BCUT2D eigenvalue weighted by molar-refractivity contribution is -0.303. The van der Waals surface area contributed by atoms with Crippen molar-refractivity contribution in [2.24, 2.45) is 0 Å². The number of carboxylic acid groups (broad SMARTS) is 1. The topological polar surface area (TPSA) is 143 Å². The normalized spacial score (nSPS) is 11.4. The largest absolute Gasteiger partial charge is 0.548 e. The van der Waals surface area contributed by atoms with Gasteiger partial charge < -0.3 is 19.9 Å². The highest BCUT2D eigenvalue weighted by Gasteiger charge is 2.25. The molecule has 2 N–H and O–H groups in total. The van der Waals surface area contributed by atoms with Gasteiger partial charge in [0.1, 0.15) is 0 Å². The van der Waals surface area contributed by atoms with Crippen LogP contribution in [0.15, 0.2) is 56.9 Å². The van der Waals surface area contributed by atoms with Crippen LogP contribution >= 0.6 is 0 Å². The van der Waals surface area contributed by atoms with Gasteiger partial charge in [-0.25, -0.2) is 8.42 Å². The van der Waals surface area contributed by atoms with Crippen molar-refractivity contribution < 1.29 is 18.3 Å². The molecule has 0 aliphatic rings. The molecule has 0 unspecified atom stereocenters. The molecule has 0 saturated heterocycles. The van der Waals surface area contributed by atoms with E-state index in [0.717, 1.165) is 11.6 Å². The Morgan fingerprint density at radius 1 is 1.00 bits per heavy atom. The molecule has 3 aromatic rings. The Morgan fingerprint density at radius 2 is 1.59 bits per heavy atom. The number of aryl methyl sites for hydroxylation is 1. The first-order valence-electron chi connectivity index (χ1n) is 7.74. The van der Waals surface area contributed by atoms with Crippen LogP contribution in [0.2, 0.25) is 0 Å². The molecule has 0 radical (unpaired) electrons. The van der Waals surface area contributed by atoms with Crippen LogP contribution in [0.25, 0.3) is 11.0 Å². The van der Waals surface area contributed by atoms with E-state index in [0.29, 0.717) is 4.31 Å². The lowest BCUT2D eigenvalue weighted by Crippen LogP contribution is -2.41. The number of hydrogen-bond donors (Lipinski definition) is 2. The molecule has 0 saturated carbocycles. The third kappa shape index (κ3) is 3.60. The van der Waals surface area contributed by atoms with E-state index in [2.05, 4.69) is 9.97 Å². The Labute approximate surface area is 153 Å². The van der Waals surface area contributed by atoms with Crippen LogP contribution in [0.1, 0.15) is 5.56 Å². The Morgan fingerprint density at radius 3 is 2.19 bits per heavy atom. The van der Waals surface area contributed by atoms with Crippen LogP contribution in [0.5, 0.6) is 0 Å². The van der Waals surface area contributed by atoms with Crippen molar-refractivity contribution in [3.8, 4) is 0 Å². The molecule has 0 fully saturated rings. The van der Waals surface area contributed by atoms with Crippen molar-refractivity contribution in [2.75, 3.05) is 10.8 Å². The minimum absolute atomic E-state index is 0.0954. The van der Waals surface area contributed by atoms with E-state index in [4.69, 9.17) is 0 Å². The van der Waals surface area contributed by atoms with Crippen molar-refractivity contribution in [1.82, 2.24) is 9.97 Å². The lowest BCUT2D eigenvalue weighted by Gasteiger charge is -2.25.